The third-order valence-electron chi connectivity index (χ3n) is 8.20. The average molecular weight is 611 g/mol. The number of aliphatic hydroxyl groups is 6. The number of nitrogens with two attached hydrogens (primary N) is 4. The normalized spacial score (nSPS) is 44.6. The summed E-state index contributed by atoms with van der Waals surface area (Å²) in [4.78, 5) is 12.2. The maximum atomic E-state index is 12.2. The zero-order valence-electron chi connectivity index (χ0n) is 24.0. The molecule has 0 radical (unpaired) electrons. The third-order valence-corrected chi connectivity index (χ3v) is 8.20. The van der Waals surface area contributed by atoms with Crippen molar-refractivity contribution in [3.05, 3.63) is 0 Å². The number of carbonyl (C=O) groups is 1. The Balaban J connectivity index is 1.62. The molecule has 15 atom stereocenters. The van der Waals surface area contributed by atoms with Gasteiger partial charge in [-0.1, -0.05) is 32.6 Å². The van der Waals surface area contributed by atoms with Crippen molar-refractivity contribution < 1.29 is 59.1 Å². The highest BCUT2D eigenvalue weighted by atomic mass is 16.7. The van der Waals surface area contributed by atoms with Crippen molar-refractivity contribution in [1.82, 2.24) is 0 Å². The fourth-order valence-corrected chi connectivity index (χ4v) is 5.51. The van der Waals surface area contributed by atoms with Crippen molar-refractivity contribution in [2.24, 2.45) is 22.9 Å². The van der Waals surface area contributed by atoms with Crippen molar-refractivity contribution >= 4 is 5.97 Å². The number of rotatable bonds is 13. The molecule has 0 amide bonds. The quantitative estimate of drug-likeness (QED) is 0.0696. The molecule has 0 aromatic rings. The van der Waals surface area contributed by atoms with E-state index in [4.69, 9.17) is 46.6 Å². The first-order valence-corrected chi connectivity index (χ1v) is 14.7. The molecule has 0 aromatic carbocycles. The molecule has 7 unspecified atom stereocenters. The second kappa shape index (κ2) is 16.3. The first kappa shape index (κ1) is 35.4. The molecule has 0 aromatic heterocycles. The zero-order chi connectivity index (χ0) is 31.1. The van der Waals surface area contributed by atoms with Gasteiger partial charge in [-0.05, 0) is 12.8 Å². The van der Waals surface area contributed by atoms with Gasteiger partial charge in [0.25, 0.3) is 0 Å². The lowest BCUT2D eigenvalue weighted by atomic mass is 9.84. The van der Waals surface area contributed by atoms with Gasteiger partial charge < -0.3 is 77.3 Å². The minimum Gasteiger partial charge on any atom is -0.463 e. The minimum absolute atomic E-state index is 0.0670. The number of unbranched alkanes of at least 4 members (excludes halogenated alkanes) is 4. The van der Waals surface area contributed by atoms with Crippen LogP contribution in [0.3, 0.4) is 0 Å². The number of aliphatic hydroxyl groups excluding tert-OH is 6. The lowest BCUT2D eigenvalue weighted by Gasteiger charge is -2.48. The summed E-state index contributed by atoms with van der Waals surface area (Å²) >= 11 is 0. The summed E-state index contributed by atoms with van der Waals surface area (Å²) in [7, 11) is 0. The van der Waals surface area contributed by atoms with Crippen molar-refractivity contribution in [3.8, 4) is 0 Å². The van der Waals surface area contributed by atoms with Gasteiger partial charge in [-0.2, -0.15) is 0 Å². The van der Waals surface area contributed by atoms with E-state index >= 15 is 0 Å². The Bertz CT molecular complexity index is 830. The second-order valence-corrected chi connectivity index (χ2v) is 11.5. The largest absolute Gasteiger partial charge is 0.463 e. The van der Waals surface area contributed by atoms with Gasteiger partial charge in [-0.25, -0.2) is 0 Å². The maximum Gasteiger partial charge on any atom is 0.305 e. The van der Waals surface area contributed by atoms with E-state index in [1.807, 2.05) is 0 Å². The monoisotopic (exact) mass is 610 g/mol. The van der Waals surface area contributed by atoms with Crippen LogP contribution in [0.5, 0.6) is 0 Å². The van der Waals surface area contributed by atoms with Crippen LogP contribution in [0.1, 0.15) is 51.9 Å². The SMILES string of the molecule is CCCCCCCC(=O)OC[C@H]1OC(OC2[C@@H](O)C(O[C@H]3OC(CN)[C@@H](O)[C@H](O)C3O)C(N)C[C@H]2N)[C@H](O)C(N)[C@@H]1O. The Morgan fingerprint density at radius 1 is 0.738 bits per heavy atom. The molecule has 246 valence electrons. The van der Waals surface area contributed by atoms with E-state index < -0.39 is 97.7 Å². The van der Waals surface area contributed by atoms with Crippen LogP contribution in [0.4, 0.5) is 0 Å². The van der Waals surface area contributed by atoms with E-state index in [1.54, 1.807) is 0 Å². The smallest absolute Gasteiger partial charge is 0.305 e. The highest BCUT2D eigenvalue weighted by molar-refractivity contribution is 5.69. The van der Waals surface area contributed by atoms with Crippen LogP contribution in [-0.2, 0) is 28.5 Å². The van der Waals surface area contributed by atoms with Gasteiger partial charge >= 0.3 is 5.97 Å². The zero-order valence-corrected chi connectivity index (χ0v) is 24.0. The van der Waals surface area contributed by atoms with Crippen LogP contribution in [0.2, 0.25) is 0 Å². The summed E-state index contributed by atoms with van der Waals surface area (Å²) in [6.45, 7) is 1.58. The molecule has 3 aliphatic rings. The van der Waals surface area contributed by atoms with Crippen molar-refractivity contribution in [3.63, 3.8) is 0 Å². The van der Waals surface area contributed by atoms with Crippen LogP contribution in [-0.4, -0.2) is 142 Å². The molecule has 2 heterocycles. The average Bonchev–Trinajstić information content (AvgIpc) is 2.96. The molecule has 1 aliphatic carbocycles. The summed E-state index contributed by atoms with van der Waals surface area (Å²) < 4.78 is 28.1. The van der Waals surface area contributed by atoms with Crippen LogP contribution >= 0.6 is 0 Å². The fraction of sp³-hybridized carbons (Fsp3) is 0.962. The van der Waals surface area contributed by atoms with Crippen LogP contribution < -0.4 is 22.9 Å². The summed E-state index contributed by atoms with van der Waals surface area (Å²) in [5, 5.41) is 63.0. The van der Waals surface area contributed by atoms with Gasteiger partial charge in [0.1, 0.15) is 67.6 Å². The van der Waals surface area contributed by atoms with E-state index in [0.29, 0.717) is 6.42 Å². The van der Waals surface area contributed by atoms with Crippen LogP contribution in [0.25, 0.3) is 0 Å². The molecule has 16 heteroatoms. The van der Waals surface area contributed by atoms with Crippen molar-refractivity contribution in [1.29, 1.82) is 0 Å². The van der Waals surface area contributed by atoms with Gasteiger partial charge in [-0.3, -0.25) is 4.79 Å². The number of hydrogen-bond donors (Lipinski definition) is 10. The van der Waals surface area contributed by atoms with Gasteiger partial charge in [0, 0.05) is 25.0 Å². The summed E-state index contributed by atoms with van der Waals surface area (Å²) in [5.74, 6) is -0.459. The topological polar surface area (TPSA) is 289 Å². The Morgan fingerprint density at radius 2 is 1.31 bits per heavy atom. The number of ether oxygens (including phenoxy) is 5. The number of carbonyl (C=O) groups excluding carboxylic acids is 1. The maximum absolute atomic E-state index is 12.2. The lowest BCUT2D eigenvalue weighted by molar-refractivity contribution is -0.332. The molecule has 3 rings (SSSR count). The first-order valence-electron chi connectivity index (χ1n) is 14.7. The summed E-state index contributed by atoms with van der Waals surface area (Å²) in [5.41, 5.74) is 24.0. The lowest BCUT2D eigenvalue weighted by Crippen LogP contribution is -2.68. The van der Waals surface area contributed by atoms with E-state index in [9.17, 15) is 35.4 Å². The molecule has 2 saturated heterocycles. The molecule has 0 spiro atoms. The molecular weight excluding hydrogens is 560 g/mol. The van der Waals surface area contributed by atoms with E-state index in [1.165, 1.54) is 0 Å². The van der Waals surface area contributed by atoms with E-state index in [-0.39, 0.29) is 26.0 Å². The standard InChI is InChI=1S/C26H50N4O12/c1-2-3-4-5-6-7-15(31)38-10-14-17(32)16(30)19(34)25(40-14)41-23-11(28)8-12(29)24(22(23)37)42-26-21(36)20(35)18(33)13(9-27)39-26/h11-14,16-26,32-37H,2-10,27-30H2,1H3/t11-,12?,13?,14-,16?,17-,18-,19-,20+,21?,22-,23?,24?,25?,26-/m1/s1. The summed E-state index contributed by atoms with van der Waals surface area (Å²) in [6.07, 6.45) is -11.8. The molecular formula is C26H50N4O12. The highest BCUT2D eigenvalue weighted by Crippen LogP contribution is 2.31. The molecule has 42 heavy (non-hydrogen) atoms. The fourth-order valence-electron chi connectivity index (χ4n) is 5.51. The Hall–Kier alpha value is -1.09. The molecule has 0 bridgehead atoms. The predicted octanol–water partition coefficient (Wildman–Crippen LogP) is -4.38. The van der Waals surface area contributed by atoms with Gasteiger partial charge in [0.15, 0.2) is 12.6 Å². The van der Waals surface area contributed by atoms with Crippen LogP contribution in [0, 0.1) is 0 Å². The molecule has 16 nitrogen and oxygen atoms in total. The Morgan fingerprint density at radius 3 is 1.90 bits per heavy atom. The molecule has 14 N–H and O–H groups in total. The molecule has 1 saturated carbocycles. The molecule has 2 aliphatic heterocycles. The van der Waals surface area contributed by atoms with Crippen LogP contribution in [0.15, 0.2) is 0 Å². The Kier molecular flexibility index (Phi) is 13.7. The Labute approximate surface area is 245 Å². The van der Waals surface area contributed by atoms with Gasteiger partial charge in [-0.15, -0.1) is 0 Å². The third kappa shape index (κ3) is 8.54. The van der Waals surface area contributed by atoms with Gasteiger partial charge in [0.05, 0.1) is 6.04 Å². The van der Waals surface area contributed by atoms with Gasteiger partial charge in [0.2, 0.25) is 0 Å². The summed E-state index contributed by atoms with van der Waals surface area (Å²) in [6, 6.07) is -2.96. The van der Waals surface area contributed by atoms with E-state index in [0.717, 1.165) is 25.7 Å². The highest BCUT2D eigenvalue weighted by Gasteiger charge is 2.51. The molecule has 3 fully saturated rings. The second-order valence-electron chi connectivity index (χ2n) is 11.5. The predicted molar refractivity (Wildman–Crippen MR) is 145 cm³/mol. The minimum atomic E-state index is -1.68. The van der Waals surface area contributed by atoms with E-state index in [2.05, 4.69) is 6.92 Å². The first-order chi connectivity index (χ1) is 19.9. The number of esters is 1. The van der Waals surface area contributed by atoms with Crippen molar-refractivity contribution in [2.45, 2.75) is 144 Å². The number of hydrogen-bond acceptors (Lipinski definition) is 16. The van der Waals surface area contributed by atoms with Crippen molar-refractivity contribution in [2.75, 3.05) is 13.2 Å².